The fraction of sp³-hybridized carbons (Fsp3) is 0.211. The molecule has 0 spiro atoms. The third-order valence-corrected chi connectivity index (χ3v) is 3.45. The molecule has 0 fully saturated rings. The molecule has 2 aromatic carbocycles. The second-order valence-electron chi connectivity index (χ2n) is 5.54. The lowest BCUT2D eigenvalue weighted by molar-refractivity contribution is -0.147. The zero-order valence-electron chi connectivity index (χ0n) is 14.5. The van der Waals surface area contributed by atoms with Gasteiger partial charge in [-0.3, -0.25) is 14.4 Å². The van der Waals surface area contributed by atoms with Gasteiger partial charge in [0.15, 0.2) is 12.4 Å². The molecular weight excluding hydrogens is 379 g/mol. The normalized spacial score (nSPS) is 10.4. The van der Waals surface area contributed by atoms with Crippen LogP contribution in [0.4, 0.5) is 18.9 Å². The fourth-order valence-electron chi connectivity index (χ4n) is 2.13. The van der Waals surface area contributed by atoms with Gasteiger partial charge in [-0.2, -0.15) is 8.78 Å². The summed E-state index contributed by atoms with van der Waals surface area (Å²) in [5, 5.41) is 2.41. The van der Waals surface area contributed by atoms with Crippen molar-refractivity contribution in [3.8, 4) is 5.75 Å². The molecule has 2 rings (SSSR count). The number of nitrogens with one attached hydrogen (secondary N) is 1. The molecule has 0 unspecified atom stereocenters. The number of halogens is 3. The molecule has 0 saturated carbocycles. The van der Waals surface area contributed by atoms with Gasteiger partial charge in [0.1, 0.15) is 11.6 Å². The quantitative estimate of drug-likeness (QED) is 0.519. The van der Waals surface area contributed by atoms with Crippen LogP contribution in [0.15, 0.2) is 48.5 Å². The van der Waals surface area contributed by atoms with Crippen LogP contribution < -0.4 is 10.1 Å². The Balaban J connectivity index is 1.71. The Labute approximate surface area is 158 Å². The maximum Gasteiger partial charge on any atom is 0.387 e. The first-order valence-corrected chi connectivity index (χ1v) is 8.12. The molecule has 0 atom stereocenters. The lowest BCUT2D eigenvalue weighted by atomic mass is 10.1. The summed E-state index contributed by atoms with van der Waals surface area (Å²) in [6.45, 7) is -3.52. The highest BCUT2D eigenvalue weighted by atomic mass is 19.3. The molecule has 0 aliphatic rings. The van der Waals surface area contributed by atoms with E-state index in [1.165, 1.54) is 36.4 Å². The Hall–Kier alpha value is -3.36. The molecule has 0 radical (unpaired) electrons. The zero-order valence-corrected chi connectivity index (χ0v) is 14.5. The summed E-state index contributed by atoms with van der Waals surface area (Å²) in [6, 6.07) is 10.1. The largest absolute Gasteiger partial charge is 0.456 e. The molecule has 0 bridgehead atoms. The van der Waals surface area contributed by atoms with E-state index in [2.05, 4.69) is 10.1 Å². The lowest BCUT2D eigenvalue weighted by Gasteiger charge is -2.08. The summed E-state index contributed by atoms with van der Waals surface area (Å²) in [5.41, 5.74) is 0.570. The fourth-order valence-corrected chi connectivity index (χ4v) is 2.13. The molecule has 0 aliphatic carbocycles. The van der Waals surface area contributed by atoms with Gasteiger partial charge in [-0.05, 0) is 48.5 Å². The molecule has 0 saturated heterocycles. The second-order valence-corrected chi connectivity index (χ2v) is 5.54. The van der Waals surface area contributed by atoms with Crippen LogP contribution in [0.25, 0.3) is 0 Å². The third-order valence-electron chi connectivity index (χ3n) is 3.45. The number of anilines is 1. The van der Waals surface area contributed by atoms with Gasteiger partial charge in [-0.25, -0.2) is 4.39 Å². The topological polar surface area (TPSA) is 81.7 Å². The van der Waals surface area contributed by atoms with Crippen LogP contribution >= 0.6 is 0 Å². The summed E-state index contributed by atoms with van der Waals surface area (Å²) in [7, 11) is 0. The average Bonchev–Trinajstić information content (AvgIpc) is 2.66. The third kappa shape index (κ3) is 7.10. The smallest absolute Gasteiger partial charge is 0.387 e. The van der Waals surface area contributed by atoms with E-state index in [-0.39, 0.29) is 29.9 Å². The van der Waals surface area contributed by atoms with E-state index in [0.717, 1.165) is 12.1 Å². The van der Waals surface area contributed by atoms with Crippen LogP contribution in [0.2, 0.25) is 0 Å². The van der Waals surface area contributed by atoms with E-state index in [4.69, 9.17) is 4.74 Å². The number of alkyl halides is 2. The molecule has 28 heavy (non-hydrogen) atoms. The molecule has 1 N–H and O–H groups in total. The van der Waals surface area contributed by atoms with Crippen molar-refractivity contribution in [3.05, 3.63) is 59.9 Å². The van der Waals surface area contributed by atoms with E-state index in [9.17, 15) is 27.6 Å². The number of esters is 1. The van der Waals surface area contributed by atoms with Crippen molar-refractivity contribution < 1.29 is 37.0 Å². The van der Waals surface area contributed by atoms with Crippen LogP contribution in [-0.4, -0.2) is 30.9 Å². The van der Waals surface area contributed by atoms with E-state index < -0.39 is 30.9 Å². The summed E-state index contributed by atoms with van der Waals surface area (Å²) in [4.78, 5) is 35.2. The molecule has 9 heteroatoms. The highest BCUT2D eigenvalue weighted by molar-refractivity contribution is 5.98. The standard InChI is InChI=1S/C19H16F3NO5/c20-13-3-1-12(2-4-13)16(24)9-10-18(26)27-11-17(25)23-14-5-7-15(8-6-14)28-19(21)22/h1-8,19H,9-11H2,(H,23,25). The van der Waals surface area contributed by atoms with Crippen LogP contribution in [-0.2, 0) is 14.3 Å². The zero-order chi connectivity index (χ0) is 20.5. The number of carbonyl (C=O) groups excluding carboxylic acids is 3. The van der Waals surface area contributed by atoms with Gasteiger partial charge in [0.2, 0.25) is 0 Å². The average molecular weight is 395 g/mol. The SMILES string of the molecule is O=C(COC(=O)CCC(=O)c1ccc(F)cc1)Nc1ccc(OC(F)F)cc1. The first-order chi connectivity index (χ1) is 13.3. The van der Waals surface area contributed by atoms with Crippen molar-refractivity contribution in [1.29, 1.82) is 0 Å². The van der Waals surface area contributed by atoms with Crippen molar-refractivity contribution in [2.24, 2.45) is 0 Å². The number of carbonyl (C=O) groups is 3. The number of benzene rings is 2. The van der Waals surface area contributed by atoms with Crippen molar-refractivity contribution >= 4 is 23.3 Å². The van der Waals surface area contributed by atoms with Crippen LogP contribution in [0, 0.1) is 5.82 Å². The predicted molar refractivity (Wildman–Crippen MR) is 92.6 cm³/mol. The molecule has 2 aromatic rings. The minimum absolute atomic E-state index is 0.0646. The summed E-state index contributed by atoms with van der Waals surface area (Å²) >= 11 is 0. The Kier molecular flexibility index (Phi) is 7.55. The van der Waals surface area contributed by atoms with Gasteiger partial charge in [0, 0.05) is 17.7 Å². The van der Waals surface area contributed by atoms with Crippen LogP contribution in [0.5, 0.6) is 5.75 Å². The Morgan fingerprint density at radius 1 is 0.929 bits per heavy atom. The highest BCUT2D eigenvalue weighted by Crippen LogP contribution is 2.17. The Bertz CT molecular complexity index is 822. The molecule has 0 heterocycles. The maximum absolute atomic E-state index is 12.8. The monoisotopic (exact) mass is 395 g/mol. The minimum atomic E-state index is -2.95. The number of rotatable bonds is 9. The van der Waals surface area contributed by atoms with E-state index in [1.54, 1.807) is 0 Å². The van der Waals surface area contributed by atoms with Crippen LogP contribution in [0.1, 0.15) is 23.2 Å². The summed E-state index contributed by atoms with van der Waals surface area (Å²) in [6.07, 6.45) is -0.374. The first-order valence-electron chi connectivity index (χ1n) is 8.12. The molecule has 1 amide bonds. The number of ether oxygens (including phenoxy) is 2. The minimum Gasteiger partial charge on any atom is -0.456 e. The van der Waals surface area contributed by atoms with Crippen molar-refractivity contribution in [3.63, 3.8) is 0 Å². The van der Waals surface area contributed by atoms with E-state index in [0.29, 0.717) is 5.69 Å². The molecule has 148 valence electrons. The first kappa shape index (κ1) is 20.9. The number of hydrogen-bond donors (Lipinski definition) is 1. The van der Waals surface area contributed by atoms with Crippen molar-refractivity contribution in [2.75, 3.05) is 11.9 Å². The van der Waals surface area contributed by atoms with E-state index in [1.807, 2.05) is 0 Å². The van der Waals surface area contributed by atoms with Gasteiger partial charge < -0.3 is 14.8 Å². The maximum atomic E-state index is 12.8. The van der Waals surface area contributed by atoms with Crippen molar-refractivity contribution in [2.45, 2.75) is 19.5 Å². The van der Waals surface area contributed by atoms with E-state index >= 15 is 0 Å². The number of Topliss-reactive ketones (excluding diaryl/α,β-unsaturated/α-hetero) is 1. The summed E-state index contributed by atoms with van der Waals surface area (Å²) in [5.74, 6) is -2.28. The molecule has 6 nitrogen and oxygen atoms in total. The molecule has 0 aromatic heterocycles. The lowest BCUT2D eigenvalue weighted by Crippen LogP contribution is -2.21. The van der Waals surface area contributed by atoms with Gasteiger partial charge in [-0.1, -0.05) is 0 Å². The second kappa shape index (κ2) is 10.1. The van der Waals surface area contributed by atoms with Gasteiger partial charge in [0.05, 0.1) is 6.42 Å². The number of hydrogen-bond acceptors (Lipinski definition) is 5. The Morgan fingerprint density at radius 3 is 2.18 bits per heavy atom. The van der Waals surface area contributed by atoms with Gasteiger partial charge >= 0.3 is 12.6 Å². The van der Waals surface area contributed by atoms with Crippen molar-refractivity contribution in [1.82, 2.24) is 0 Å². The highest BCUT2D eigenvalue weighted by Gasteiger charge is 2.12. The Morgan fingerprint density at radius 2 is 1.57 bits per heavy atom. The number of ketones is 1. The predicted octanol–water partition coefficient (Wildman–Crippen LogP) is 3.57. The van der Waals surface area contributed by atoms with Gasteiger partial charge in [0.25, 0.3) is 5.91 Å². The van der Waals surface area contributed by atoms with Gasteiger partial charge in [-0.15, -0.1) is 0 Å². The van der Waals surface area contributed by atoms with Crippen LogP contribution in [0.3, 0.4) is 0 Å². The number of amides is 1. The molecular formula is C19H16F3NO5. The summed E-state index contributed by atoms with van der Waals surface area (Å²) < 4.78 is 45.9. The molecule has 0 aliphatic heterocycles.